The number of fused-ring (bicyclic) bond motifs is 1. The molecular formula is C22H24BrNO. The zero-order chi connectivity index (χ0) is 18.4. The van der Waals surface area contributed by atoms with Crippen molar-refractivity contribution in [1.29, 1.82) is 0 Å². The van der Waals surface area contributed by atoms with Gasteiger partial charge in [0.25, 0.3) is 0 Å². The molecule has 0 saturated heterocycles. The number of halogens is 1. The number of benzene rings is 2. The normalized spacial score (nSPS) is 18.5. The summed E-state index contributed by atoms with van der Waals surface area (Å²) >= 11 is 3.45. The summed E-state index contributed by atoms with van der Waals surface area (Å²) in [5.41, 5.74) is 5.59. The maximum atomic E-state index is 11.7. The molecule has 0 saturated carbocycles. The van der Waals surface area contributed by atoms with E-state index in [1.54, 1.807) is 0 Å². The van der Waals surface area contributed by atoms with Gasteiger partial charge in [0.1, 0.15) is 6.04 Å². The van der Waals surface area contributed by atoms with Gasteiger partial charge in [-0.15, -0.1) is 4.91 Å². The zero-order valence-corrected chi connectivity index (χ0v) is 17.0. The minimum absolute atomic E-state index is 0.00411. The van der Waals surface area contributed by atoms with Crippen LogP contribution in [0.4, 0.5) is 0 Å². The highest BCUT2D eigenvalue weighted by Gasteiger charge is 2.34. The van der Waals surface area contributed by atoms with Gasteiger partial charge in [0.05, 0.1) is 0 Å². The van der Waals surface area contributed by atoms with Crippen LogP contribution in [0.25, 0.3) is 0 Å². The second-order valence-corrected chi connectivity index (χ2v) is 9.01. The van der Waals surface area contributed by atoms with E-state index in [1.807, 2.05) is 24.3 Å². The summed E-state index contributed by atoms with van der Waals surface area (Å²) < 4.78 is 0.996. The Balaban J connectivity index is 2.18. The van der Waals surface area contributed by atoms with Crippen molar-refractivity contribution in [2.75, 3.05) is 0 Å². The second kappa shape index (κ2) is 6.21. The molecule has 0 radical (unpaired) electrons. The first-order valence-corrected chi connectivity index (χ1v) is 9.39. The third kappa shape index (κ3) is 3.22. The van der Waals surface area contributed by atoms with E-state index in [4.69, 9.17) is 0 Å². The maximum absolute atomic E-state index is 11.7. The minimum atomic E-state index is -0.483. The third-order valence-corrected chi connectivity index (χ3v) is 5.83. The fraction of sp³-hybridized carbons (Fsp3) is 0.364. The Hall–Kier alpha value is -1.74. The van der Waals surface area contributed by atoms with Gasteiger partial charge in [-0.1, -0.05) is 85.2 Å². The summed E-state index contributed by atoms with van der Waals surface area (Å²) in [4.78, 5) is 11.7. The fourth-order valence-electron chi connectivity index (χ4n) is 3.62. The van der Waals surface area contributed by atoms with Crippen molar-refractivity contribution in [2.45, 2.75) is 51.5 Å². The summed E-state index contributed by atoms with van der Waals surface area (Å²) in [5, 5.41) is 3.47. The molecule has 25 heavy (non-hydrogen) atoms. The van der Waals surface area contributed by atoms with Gasteiger partial charge in [-0.25, -0.2) is 0 Å². The molecule has 3 rings (SSSR count). The molecular weight excluding hydrogens is 374 g/mol. The van der Waals surface area contributed by atoms with Crippen molar-refractivity contribution >= 4 is 15.9 Å². The molecule has 0 aliphatic heterocycles. The predicted molar refractivity (Wildman–Crippen MR) is 108 cm³/mol. The number of nitrogens with zero attached hydrogens (tertiary/aromatic N) is 1. The van der Waals surface area contributed by atoms with Crippen LogP contribution in [0, 0.1) is 11.8 Å². The van der Waals surface area contributed by atoms with Crippen LogP contribution >= 0.6 is 15.9 Å². The standard InChI is InChI=1S/C22H24BrNO/c1-14-12-18-19(22(4,5)11-10-21(18,2)3)13-17(14)20(24-25)15-6-8-16(23)9-7-15/h6-13,20H,1-5H3. The van der Waals surface area contributed by atoms with E-state index in [2.05, 4.69) is 80.0 Å². The molecule has 2 nitrogen and oxygen atoms in total. The molecule has 0 aromatic heterocycles. The van der Waals surface area contributed by atoms with Gasteiger partial charge in [0.2, 0.25) is 0 Å². The van der Waals surface area contributed by atoms with Crippen LogP contribution in [0.3, 0.4) is 0 Å². The quantitative estimate of drug-likeness (QED) is 0.416. The molecule has 1 aliphatic carbocycles. The lowest BCUT2D eigenvalue weighted by Gasteiger charge is -2.37. The van der Waals surface area contributed by atoms with Crippen molar-refractivity contribution in [3.05, 3.63) is 85.7 Å². The summed E-state index contributed by atoms with van der Waals surface area (Å²) in [6.45, 7) is 11.0. The molecule has 0 spiro atoms. The number of aryl methyl sites for hydroxylation is 1. The Morgan fingerprint density at radius 2 is 1.44 bits per heavy atom. The van der Waals surface area contributed by atoms with Crippen LogP contribution in [0.1, 0.15) is 61.6 Å². The summed E-state index contributed by atoms with van der Waals surface area (Å²) in [5.74, 6) is 0. The van der Waals surface area contributed by atoms with E-state index in [-0.39, 0.29) is 10.8 Å². The largest absolute Gasteiger partial charge is 0.150 e. The van der Waals surface area contributed by atoms with E-state index < -0.39 is 6.04 Å². The highest BCUT2D eigenvalue weighted by Crippen LogP contribution is 2.44. The topological polar surface area (TPSA) is 29.4 Å². The van der Waals surface area contributed by atoms with Crippen LogP contribution in [0.2, 0.25) is 0 Å². The van der Waals surface area contributed by atoms with E-state index in [9.17, 15) is 4.91 Å². The van der Waals surface area contributed by atoms with Gasteiger partial charge in [-0.3, -0.25) is 0 Å². The Kier molecular flexibility index (Phi) is 4.48. The van der Waals surface area contributed by atoms with Gasteiger partial charge in [0, 0.05) is 15.3 Å². The van der Waals surface area contributed by atoms with E-state index in [0.29, 0.717) is 0 Å². The van der Waals surface area contributed by atoms with Crippen molar-refractivity contribution < 1.29 is 0 Å². The van der Waals surface area contributed by atoms with Crippen molar-refractivity contribution in [1.82, 2.24) is 0 Å². The molecule has 0 amide bonds. The molecule has 0 bridgehead atoms. The first kappa shape index (κ1) is 18.1. The lowest BCUT2D eigenvalue weighted by atomic mass is 9.67. The second-order valence-electron chi connectivity index (χ2n) is 8.09. The molecule has 1 aliphatic rings. The van der Waals surface area contributed by atoms with Crippen molar-refractivity contribution in [2.24, 2.45) is 5.18 Å². The summed E-state index contributed by atoms with van der Waals surface area (Å²) in [7, 11) is 0. The lowest BCUT2D eigenvalue weighted by Crippen LogP contribution is -2.29. The van der Waals surface area contributed by atoms with E-state index >= 15 is 0 Å². The van der Waals surface area contributed by atoms with Crippen LogP contribution in [0.15, 0.2) is 58.2 Å². The minimum Gasteiger partial charge on any atom is -0.150 e. The monoisotopic (exact) mass is 397 g/mol. The Bertz CT molecular complexity index is 847. The lowest BCUT2D eigenvalue weighted by molar-refractivity contribution is 0.561. The number of hydrogen-bond acceptors (Lipinski definition) is 2. The molecule has 0 N–H and O–H groups in total. The Morgan fingerprint density at radius 3 is 1.96 bits per heavy atom. The molecule has 3 heteroatoms. The van der Waals surface area contributed by atoms with Crippen molar-refractivity contribution in [3.8, 4) is 0 Å². The average Bonchev–Trinajstić information content (AvgIpc) is 2.55. The molecule has 1 atom stereocenters. The van der Waals surface area contributed by atoms with Crippen LogP contribution < -0.4 is 0 Å². The predicted octanol–water partition coefficient (Wildman–Crippen LogP) is 6.74. The van der Waals surface area contributed by atoms with E-state index in [0.717, 1.165) is 21.2 Å². The molecule has 2 aromatic rings. The fourth-order valence-corrected chi connectivity index (χ4v) is 3.89. The van der Waals surface area contributed by atoms with E-state index in [1.165, 1.54) is 11.1 Å². The molecule has 1 unspecified atom stereocenters. The molecule has 0 fully saturated rings. The van der Waals surface area contributed by atoms with Crippen LogP contribution in [-0.2, 0) is 10.8 Å². The van der Waals surface area contributed by atoms with Crippen molar-refractivity contribution in [3.63, 3.8) is 0 Å². The molecule has 0 heterocycles. The summed E-state index contributed by atoms with van der Waals surface area (Å²) in [6.07, 6.45) is 4.57. The Labute approximate surface area is 158 Å². The first-order chi connectivity index (χ1) is 11.7. The molecule has 130 valence electrons. The van der Waals surface area contributed by atoms with Gasteiger partial charge >= 0.3 is 0 Å². The highest BCUT2D eigenvalue weighted by atomic mass is 79.9. The Morgan fingerprint density at radius 1 is 0.920 bits per heavy atom. The highest BCUT2D eigenvalue weighted by molar-refractivity contribution is 9.10. The smallest absolute Gasteiger partial charge is 0.142 e. The third-order valence-electron chi connectivity index (χ3n) is 5.30. The number of hydrogen-bond donors (Lipinski definition) is 0. The van der Waals surface area contributed by atoms with Crippen LogP contribution in [0.5, 0.6) is 0 Å². The van der Waals surface area contributed by atoms with Gasteiger partial charge < -0.3 is 0 Å². The first-order valence-electron chi connectivity index (χ1n) is 8.59. The number of rotatable bonds is 3. The number of nitroso groups, excluding NO2 is 1. The number of allylic oxidation sites excluding steroid dienone is 2. The average molecular weight is 398 g/mol. The van der Waals surface area contributed by atoms with Gasteiger partial charge in [-0.2, -0.15) is 0 Å². The van der Waals surface area contributed by atoms with Gasteiger partial charge in [0.15, 0.2) is 0 Å². The van der Waals surface area contributed by atoms with Gasteiger partial charge in [-0.05, 0) is 46.9 Å². The SMILES string of the molecule is Cc1cc2c(cc1C(N=O)c1ccc(Br)cc1)C(C)(C)C=CC2(C)C. The maximum Gasteiger partial charge on any atom is 0.142 e. The van der Waals surface area contributed by atoms with Crippen LogP contribution in [-0.4, -0.2) is 0 Å². The zero-order valence-electron chi connectivity index (χ0n) is 15.4. The molecule has 2 aromatic carbocycles. The summed E-state index contributed by atoms with van der Waals surface area (Å²) in [6, 6.07) is 11.8.